The van der Waals surface area contributed by atoms with Crippen LogP contribution in [-0.4, -0.2) is 11.7 Å². The minimum absolute atomic E-state index is 0.0222. The Morgan fingerprint density at radius 3 is 2.52 bits per heavy atom. The first-order chi connectivity index (χ1) is 10.2. The molecule has 0 aliphatic heterocycles. The monoisotopic (exact) mass is 279 g/mol. The predicted molar refractivity (Wildman–Crippen MR) is 85.0 cm³/mol. The highest BCUT2D eigenvalue weighted by Crippen LogP contribution is 2.23. The van der Waals surface area contributed by atoms with Gasteiger partial charge in [-0.05, 0) is 36.2 Å². The van der Waals surface area contributed by atoms with Crippen molar-refractivity contribution in [1.29, 1.82) is 0 Å². The van der Waals surface area contributed by atoms with E-state index in [2.05, 4.69) is 0 Å². The van der Waals surface area contributed by atoms with E-state index in [1.54, 1.807) is 17.7 Å². The molecule has 1 heterocycles. The number of benzene rings is 2. The van der Waals surface area contributed by atoms with Crippen LogP contribution in [0.5, 0.6) is 5.75 Å². The van der Waals surface area contributed by atoms with Crippen molar-refractivity contribution in [2.45, 2.75) is 13.5 Å². The van der Waals surface area contributed by atoms with Crippen molar-refractivity contribution < 1.29 is 4.74 Å². The van der Waals surface area contributed by atoms with Gasteiger partial charge in [-0.1, -0.05) is 30.3 Å². The Morgan fingerprint density at radius 1 is 1.05 bits per heavy atom. The quantitative estimate of drug-likeness (QED) is 0.736. The van der Waals surface area contributed by atoms with Crippen LogP contribution >= 0.6 is 0 Å². The summed E-state index contributed by atoms with van der Waals surface area (Å²) < 4.78 is 7.08. The SMILES string of the molecule is COc1ccc2c(c1)c(C)cc(=O)n2Cc1ccccc1. The number of methoxy groups -OCH3 is 1. The fourth-order valence-corrected chi connectivity index (χ4v) is 2.58. The second kappa shape index (κ2) is 5.44. The standard InChI is InChI=1S/C18H17NO2/c1-13-10-18(20)19(12-14-6-4-3-5-7-14)17-9-8-15(21-2)11-16(13)17/h3-11H,12H2,1-2H3. The van der Waals surface area contributed by atoms with Crippen molar-refractivity contribution in [1.82, 2.24) is 4.57 Å². The van der Waals surface area contributed by atoms with Crippen molar-refractivity contribution in [3.63, 3.8) is 0 Å². The number of pyridine rings is 1. The molecule has 0 amide bonds. The van der Waals surface area contributed by atoms with Crippen LogP contribution in [0.3, 0.4) is 0 Å². The zero-order valence-electron chi connectivity index (χ0n) is 12.2. The van der Waals surface area contributed by atoms with Crippen molar-refractivity contribution in [2.75, 3.05) is 7.11 Å². The van der Waals surface area contributed by atoms with E-state index >= 15 is 0 Å². The van der Waals surface area contributed by atoms with Gasteiger partial charge >= 0.3 is 0 Å². The van der Waals surface area contributed by atoms with Gasteiger partial charge in [-0.25, -0.2) is 0 Å². The van der Waals surface area contributed by atoms with Crippen molar-refractivity contribution in [2.24, 2.45) is 0 Å². The third kappa shape index (κ3) is 2.55. The van der Waals surface area contributed by atoms with Crippen molar-refractivity contribution >= 4 is 10.9 Å². The summed E-state index contributed by atoms with van der Waals surface area (Å²) >= 11 is 0. The van der Waals surface area contributed by atoms with Gasteiger partial charge in [0.1, 0.15) is 5.75 Å². The van der Waals surface area contributed by atoms with Crippen LogP contribution < -0.4 is 10.3 Å². The fraction of sp³-hybridized carbons (Fsp3) is 0.167. The van der Waals surface area contributed by atoms with Crippen LogP contribution in [0.1, 0.15) is 11.1 Å². The van der Waals surface area contributed by atoms with E-state index in [1.807, 2.05) is 55.5 Å². The number of ether oxygens (including phenoxy) is 1. The zero-order chi connectivity index (χ0) is 14.8. The number of aromatic nitrogens is 1. The van der Waals surface area contributed by atoms with Gasteiger partial charge in [0.05, 0.1) is 19.2 Å². The van der Waals surface area contributed by atoms with Crippen molar-refractivity contribution in [3.8, 4) is 5.75 Å². The third-order valence-corrected chi connectivity index (χ3v) is 3.71. The topological polar surface area (TPSA) is 31.2 Å². The molecule has 0 spiro atoms. The largest absolute Gasteiger partial charge is 0.497 e. The molecule has 21 heavy (non-hydrogen) atoms. The molecular weight excluding hydrogens is 262 g/mol. The maximum Gasteiger partial charge on any atom is 0.251 e. The highest BCUT2D eigenvalue weighted by molar-refractivity contribution is 5.84. The van der Waals surface area contributed by atoms with Crippen LogP contribution in [0.15, 0.2) is 59.4 Å². The Kier molecular flexibility index (Phi) is 3.48. The minimum atomic E-state index is 0.0222. The molecule has 106 valence electrons. The van der Waals surface area contributed by atoms with E-state index in [-0.39, 0.29) is 5.56 Å². The molecule has 0 saturated heterocycles. The van der Waals surface area contributed by atoms with Gasteiger partial charge < -0.3 is 9.30 Å². The molecule has 3 rings (SSSR count). The molecule has 0 saturated carbocycles. The van der Waals surface area contributed by atoms with E-state index in [0.717, 1.165) is 27.8 Å². The summed E-state index contributed by atoms with van der Waals surface area (Å²) in [7, 11) is 1.65. The number of rotatable bonds is 3. The second-order valence-electron chi connectivity index (χ2n) is 5.12. The van der Waals surface area contributed by atoms with Crippen LogP contribution in [0.4, 0.5) is 0 Å². The van der Waals surface area contributed by atoms with Gasteiger partial charge in [0, 0.05) is 11.5 Å². The average Bonchev–Trinajstić information content (AvgIpc) is 2.52. The van der Waals surface area contributed by atoms with Crippen molar-refractivity contribution in [3.05, 3.63) is 76.1 Å². The van der Waals surface area contributed by atoms with Gasteiger partial charge in [-0.15, -0.1) is 0 Å². The summed E-state index contributed by atoms with van der Waals surface area (Å²) in [5.74, 6) is 0.801. The molecule has 0 fully saturated rings. The fourth-order valence-electron chi connectivity index (χ4n) is 2.58. The molecule has 0 bridgehead atoms. The van der Waals surface area contributed by atoms with E-state index in [1.165, 1.54) is 0 Å². The first-order valence-electron chi connectivity index (χ1n) is 6.91. The molecule has 0 unspecified atom stereocenters. The lowest BCUT2D eigenvalue weighted by atomic mass is 10.1. The van der Waals surface area contributed by atoms with Gasteiger partial charge in [-0.2, -0.15) is 0 Å². The summed E-state index contributed by atoms with van der Waals surface area (Å²) in [5, 5.41) is 1.05. The predicted octanol–water partition coefficient (Wildman–Crippen LogP) is 3.37. The molecule has 0 aliphatic rings. The van der Waals surface area contributed by atoms with E-state index in [4.69, 9.17) is 4.74 Å². The third-order valence-electron chi connectivity index (χ3n) is 3.71. The number of nitrogens with zero attached hydrogens (tertiary/aromatic N) is 1. The maximum atomic E-state index is 12.3. The highest BCUT2D eigenvalue weighted by Gasteiger charge is 2.08. The van der Waals surface area contributed by atoms with Gasteiger partial charge in [0.25, 0.3) is 5.56 Å². The molecule has 0 aliphatic carbocycles. The zero-order valence-corrected chi connectivity index (χ0v) is 12.2. The molecule has 0 atom stereocenters. The lowest BCUT2D eigenvalue weighted by molar-refractivity contribution is 0.415. The lowest BCUT2D eigenvalue weighted by Gasteiger charge is -2.13. The van der Waals surface area contributed by atoms with Gasteiger partial charge in [0.2, 0.25) is 0 Å². The summed E-state index contributed by atoms with van der Waals surface area (Å²) in [5.41, 5.74) is 3.04. The smallest absolute Gasteiger partial charge is 0.251 e. The summed E-state index contributed by atoms with van der Waals surface area (Å²) in [6.45, 7) is 2.53. The molecule has 1 aromatic heterocycles. The Hall–Kier alpha value is -2.55. The summed E-state index contributed by atoms with van der Waals surface area (Å²) in [6.07, 6.45) is 0. The average molecular weight is 279 g/mol. The number of hydrogen-bond donors (Lipinski definition) is 0. The Balaban J connectivity index is 2.20. The summed E-state index contributed by atoms with van der Waals surface area (Å²) in [4.78, 5) is 12.3. The van der Waals surface area contributed by atoms with E-state index < -0.39 is 0 Å². The molecular formula is C18H17NO2. The van der Waals surface area contributed by atoms with E-state index in [9.17, 15) is 4.79 Å². The number of hydrogen-bond acceptors (Lipinski definition) is 2. The number of aryl methyl sites for hydroxylation is 1. The number of fused-ring (bicyclic) bond motifs is 1. The molecule has 3 aromatic rings. The first kappa shape index (κ1) is 13.4. The van der Waals surface area contributed by atoms with Crippen LogP contribution in [0.2, 0.25) is 0 Å². The second-order valence-corrected chi connectivity index (χ2v) is 5.12. The Morgan fingerprint density at radius 2 is 1.81 bits per heavy atom. The molecule has 0 N–H and O–H groups in total. The molecule has 3 nitrogen and oxygen atoms in total. The van der Waals surface area contributed by atoms with Crippen LogP contribution in [-0.2, 0) is 6.54 Å². The summed E-state index contributed by atoms with van der Waals surface area (Å²) in [6, 6.07) is 17.5. The maximum absolute atomic E-state index is 12.3. The molecule has 3 heteroatoms. The lowest BCUT2D eigenvalue weighted by Crippen LogP contribution is -2.20. The first-order valence-corrected chi connectivity index (χ1v) is 6.91. The Labute approximate surface area is 123 Å². The van der Waals surface area contributed by atoms with E-state index in [0.29, 0.717) is 6.54 Å². The van der Waals surface area contributed by atoms with Gasteiger partial charge in [-0.3, -0.25) is 4.79 Å². The molecule has 2 aromatic carbocycles. The van der Waals surface area contributed by atoms with Crippen LogP contribution in [0, 0.1) is 6.92 Å². The minimum Gasteiger partial charge on any atom is -0.497 e. The molecule has 0 radical (unpaired) electrons. The van der Waals surface area contributed by atoms with Crippen LogP contribution in [0.25, 0.3) is 10.9 Å². The Bertz CT molecular complexity index is 835. The van der Waals surface area contributed by atoms with Gasteiger partial charge in [0.15, 0.2) is 0 Å². The highest BCUT2D eigenvalue weighted by atomic mass is 16.5. The normalized spacial score (nSPS) is 10.8.